The topological polar surface area (TPSA) is 39.8 Å². The quantitative estimate of drug-likeness (QED) is 0.800. The van der Waals surface area contributed by atoms with Gasteiger partial charge < -0.3 is 0 Å². The fraction of sp³-hybridized carbons (Fsp3) is 0.600. The van der Waals surface area contributed by atoms with E-state index in [0.717, 1.165) is 18.9 Å². The summed E-state index contributed by atoms with van der Waals surface area (Å²) < 4.78 is 42.7. The summed E-state index contributed by atoms with van der Waals surface area (Å²) in [4.78, 5) is 12.5. The molecule has 1 aromatic carbocycles. The van der Waals surface area contributed by atoms with Crippen LogP contribution in [0.2, 0.25) is 0 Å². The second-order valence-corrected chi connectivity index (χ2v) is 8.21. The van der Waals surface area contributed by atoms with Crippen LogP contribution in [0.4, 0.5) is 13.2 Å². The number of benzene rings is 1. The van der Waals surface area contributed by atoms with Gasteiger partial charge in [-0.3, -0.25) is 4.57 Å². The van der Waals surface area contributed by atoms with Crippen LogP contribution in [0.1, 0.15) is 55.5 Å². The molecule has 1 aromatic heterocycles. The molecule has 0 unspecified atom stereocenters. The lowest BCUT2D eigenvalue weighted by Gasteiger charge is -2.28. The minimum absolute atomic E-state index is 0.00240. The van der Waals surface area contributed by atoms with Crippen LogP contribution in [0.5, 0.6) is 0 Å². The normalized spacial score (nSPS) is 19.6. The minimum Gasteiger partial charge on any atom is -0.278 e. The fourth-order valence-corrected chi connectivity index (χ4v) is 4.40. The summed E-state index contributed by atoms with van der Waals surface area (Å²) >= 11 is 0. The Hall–Kier alpha value is -2.05. The standard InChI is InChI=1S/C20H24F3N3O/c1-25-18(27)26(13-14-6-8-19(9-7-14)10-11-19)17(24-25)12-15-4-2-3-5-16(15)20(21,22)23/h2-5,14H,6-13H2,1H3. The number of hydrogen-bond acceptors (Lipinski definition) is 2. The summed E-state index contributed by atoms with van der Waals surface area (Å²) in [5.74, 6) is 0.806. The average molecular weight is 379 g/mol. The van der Waals surface area contributed by atoms with Crippen LogP contribution in [-0.4, -0.2) is 14.3 Å². The number of nitrogens with zero attached hydrogens (tertiary/aromatic N) is 3. The Morgan fingerprint density at radius 2 is 1.81 bits per heavy atom. The van der Waals surface area contributed by atoms with Gasteiger partial charge in [-0.1, -0.05) is 18.2 Å². The Morgan fingerprint density at radius 1 is 1.15 bits per heavy atom. The third kappa shape index (κ3) is 3.69. The summed E-state index contributed by atoms with van der Waals surface area (Å²) in [6.45, 7) is 0.548. The van der Waals surface area contributed by atoms with E-state index in [1.165, 1.54) is 42.5 Å². The first kappa shape index (κ1) is 18.3. The lowest BCUT2D eigenvalue weighted by atomic mass is 9.80. The lowest BCUT2D eigenvalue weighted by molar-refractivity contribution is -0.138. The molecule has 2 aliphatic rings. The lowest BCUT2D eigenvalue weighted by Crippen LogP contribution is -2.29. The van der Waals surface area contributed by atoms with E-state index in [1.807, 2.05) is 0 Å². The molecule has 146 valence electrons. The molecular formula is C20H24F3N3O. The van der Waals surface area contributed by atoms with E-state index in [4.69, 9.17) is 0 Å². The van der Waals surface area contributed by atoms with Crippen molar-refractivity contribution in [1.29, 1.82) is 0 Å². The van der Waals surface area contributed by atoms with E-state index in [0.29, 0.717) is 23.7 Å². The molecule has 0 bridgehead atoms. The van der Waals surface area contributed by atoms with Gasteiger partial charge in [0.05, 0.1) is 5.56 Å². The van der Waals surface area contributed by atoms with Crippen molar-refractivity contribution in [2.24, 2.45) is 18.4 Å². The van der Waals surface area contributed by atoms with E-state index >= 15 is 0 Å². The number of hydrogen-bond donors (Lipinski definition) is 0. The van der Waals surface area contributed by atoms with Gasteiger partial charge in [0.2, 0.25) is 0 Å². The summed E-state index contributed by atoms with van der Waals surface area (Å²) in [6, 6.07) is 5.51. The third-order valence-electron chi connectivity index (χ3n) is 6.32. The van der Waals surface area contributed by atoms with E-state index in [-0.39, 0.29) is 17.7 Å². The van der Waals surface area contributed by atoms with Gasteiger partial charge in [-0.2, -0.15) is 18.3 Å². The van der Waals surface area contributed by atoms with Crippen molar-refractivity contribution < 1.29 is 13.2 Å². The van der Waals surface area contributed by atoms with E-state index in [1.54, 1.807) is 17.7 Å². The highest BCUT2D eigenvalue weighted by molar-refractivity contribution is 5.31. The first-order valence-electron chi connectivity index (χ1n) is 9.55. The van der Waals surface area contributed by atoms with E-state index in [9.17, 15) is 18.0 Å². The molecule has 0 amide bonds. The fourth-order valence-electron chi connectivity index (χ4n) is 4.40. The molecule has 0 radical (unpaired) electrons. The second-order valence-electron chi connectivity index (χ2n) is 8.21. The molecule has 7 heteroatoms. The molecule has 4 rings (SSSR count). The van der Waals surface area contributed by atoms with Crippen molar-refractivity contribution in [3.63, 3.8) is 0 Å². The molecular weight excluding hydrogens is 355 g/mol. The van der Waals surface area contributed by atoms with Crippen molar-refractivity contribution in [3.8, 4) is 0 Å². The third-order valence-corrected chi connectivity index (χ3v) is 6.32. The van der Waals surface area contributed by atoms with Gasteiger partial charge in [0.25, 0.3) is 0 Å². The van der Waals surface area contributed by atoms with E-state index in [2.05, 4.69) is 5.10 Å². The first-order valence-corrected chi connectivity index (χ1v) is 9.55. The number of aryl methyl sites for hydroxylation is 1. The minimum atomic E-state index is -4.42. The van der Waals surface area contributed by atoms with Crippen molar-refractivity contribution >= 4 is 0 Å². The van der Waals surface area contributed by atoms with Gasteiger partial charge in [-0.05, 0) is 61.5 Å². The first-order chi connectivity index (χ1) is 12.8. The van der Waals surface area contributed by atoms with Crippen LogP contribution in [-0.2, 0) is 26.2 Å². The van der Waals surface area contributed by atoms with Crippen molar-refractivity contribution in [3.05, 3.63) is 51.7 Å². The SMILES string of the molecule is Cn1nc(Cc2ccccc2C(F)(F)F)n(CC2CCC3(CC2)CC3)c1=O. The van der Waals surface area contributed by atoms with Gasteiger partial charge in [0.15, 0.2) is 0 Å². The van der Waals surface area contributed by atoms with Gasteiger partial charge >= 0.3 is 11.9 Å². The molecule has 2 fully saturated rings. The second kappa shape index (κ2) is 6.53. The molecule has 0 N–H and O–H groups in total. The molecule has 2 aromatic rings. The summed E-state index contributed by atoms with van der Waals surface area (Å²) in [7, 11) is 1.55. The van der Waals surface area contributed by atoms with Crippen LogP contribution in [0.15, 0.2) is 29.1 Å². The van der Waals surface area contributed by atoms with Crippen molar-refractivity contribution in [2.45, 2.75) is 57.7 Å². The number of rotatable bonds is 4. The van der Waals surface area contributed by atoms with Crippen molar-refractivity contribution in [1.82, 2.24) is 14.3 Å². The van der Waals surface area contributed by atoms with E-state index < -0.39 is 11.7 Å². The molecule has 2 aliphatic carbocycles. The zero-order valence-electron chi connectivity index (χ0n) is 15.4. The highest BCUT2D eigenvalue weighted by Crippen LogP contribution is 2.57. The molecule has 1 spiro atoms. The van der Waals surface area contributed by atoms with Gasteiger partial charge in [-0.15, -0.1) is 0 Å². The molecule has 0 atom stereocenters. The highest BCUT2D eigenvalue weighted by atomic mass is 19.4. The summed E-state index contributed by atoms with van der Waals surface area (Å²) in [5.41, 5.74) is -0.188. The Kier molecular flexibility index (Phi) is 4.43. The van der Waals surface area contributed by atoms with Gasteiger partial charge in [0.1, 0.15) is 5.82 Å². The number of halogens is 3. The number of alkyl halides is 3. The largest absolute Gasteiger partial charge is 0.416 e. The zero-order chi connectivity index (χ0) is 19.2. The monoisotopic (exact) mass is 379 g/mol. The summed E-state index contributed by atoms with van der Waals surface area (Å²) in [6.07, 6.45) is 2.82. The Morgan fingerprint density at radius 3 is 2.44 bits per heavy atom. The molecule has 0 aliphatic heterocycles. The van der Waals surface area contributed by atoms with Crippen LogP contribution in [0, 0.1) is 11.3 Å². The average Bonchev–Trinajstić information content (AvgIpc) is 3.33. The predicted molar refractivity (Wildman–Crippen MR) is 95.3 cm³/mol. The molecule has 1 heterocycles. The number of aromatic nitrogens is 3. The van der Waals surface area contributed by atoms with Crippen LogP contribution >= 0.6 is 0 Å². The van der Waals surface area contributed by atoms with Crippen LogP contribution < -0.4 is 5.69 Å². The maximum atomic E-state index is 13.3. The molecule has 4 nitrogen and oxygen atoms in total. The highest BCUT2D eigenvalue weighted by Gasteiger charge is 2.44. The van der Waals surface area contributed by atoms with Crippen LogP contribution in [0.3, 0.4) is 0 Å². The Bertz CT molecular complexity index is 883. The predicted octanol–water partition coefficient (Wildman–Crippen LogP) is 4.16. The van der Waals surface area contributed by atoms with Crippen molar-refractivity contribution in [2.75, 3.05) is 0 Å². The smallest absolute Gasteiger partial charge is 0.278 e. The molecule has 0 saturated heterocycles. The van der Waals surface area contributed by atoms with Gasteiger partial charge in [0, 0.05) is 20.0 Å². The molecule has 27 heavy (non-hydrogen) atoms. The zero-order valence-corrected chi connectivity index (χ0v) is 15.4. The Labute approximate surface area is 156 Å². The molecule has 2 saturated carbocycles. The van der Waals surface area contributed by atoms with Crippen LogP contribution in [0.25, 0.3) is 0 Å². The maximum absolute atomic E-state index is 13.3. The van der Waals surface area contributed by atoms with Gasteiger partial charge in [-0.25, -0.2) is 9.48 Å². The summed E-state index contributed by atoms with van der Waals surface area (Å²) in [5, 5.41) is 4.23. The maximum Gasteiger partial charge on any atom is 0.416 e. The Balaban J connectivity index is 1.57.